The maximum atomic E-state index is 13.4. The Morgan fingerprint density at radius 2 is 1.91 bits per heavy atom. The SMILES string of the molecule is CCOC(=O)C1=C(C)N=c2sc(=CC=Cc3ccc(Br)cc3)c(=O)n2C1c1ccccc1. The number of halogens is 1. The van der Waals surface area contributed by atoms with Crippen molar-refractivity contribution in [1.82, 2.24) is 4.57 Å². The molecule has 0 saturated heterocycles. The highest BCUT2D eigenvalue weighted by molar-refractivity contribution is 9.10. The van der Waals surface area contributed by atoms with Gasteiger partial charge in [-0.05, 0) is 43.2 Å². The van der Waals surface area contributed by atoms with E-state index in [1.54, 1.807) is 24.5 Å². The predicted octanol–water partition coefficient (Wildman–Crippen LogP) is 4.23. The van der Waals surface area contributed by atoms with Gasteiger partial charge in [-0.25, -0.2) is 9.79 Å². The van der Waals surface area contributed by atoms with Crippen molar-refractivity contribution in [2.45, 2.75) is 19.9 Å². The molecule has 0 bridgehead atoms. The van der Waals surface area contributed by atoms with Crippen molar-refractivity contribution in [2.24, 2.45) is 4.99 Å². The molecule has 162 valence electrons. The fourth-order valence-electron chi connectivity index (χ4n) is 3.58. The van der Waals surface area contributed by atoms with Crippen molar-refractivity contribution in [2.75, 3.05) is 6.61 Å². The third kappa shape index (κ3) is 4.45. The first-order valence-electron chi connectivity index (χ1n) is 10.2. The molecule has 0 fully saturated rings. The summed E-state index contributed by atoms with van der Waals surface area (Å²) in [6, 6.07) is 16.8. The average Bonchev–Trinajstić information content (AvgIpc) is 3.09. The van der Waals surface area contributed by atoms with Crippen LogP contribution in [0.5, 0.6) is 0 Å². The summed E-state index contributed by atoms with van der Waals surface area (Å²) in [6.45, 7) is 3.80. The van der Waals surface area contributed by atoms with Crippen LogP contribution in [-0.2, 0) is 9.53 Å². The molecule has 1 aromatic heterocycles. The van der Waals surface area contributed by atoms with Crippen molar-refractivity contribution in [3.63, 3.8) is 0 Å². The zero-order chi connectivity index (χ0) is 22.7. The lowest BCUT2D eigenvalue weighted by molar-refractivity contribution is -0.139. The number of carbonyl (C=O) groups excluding carboxylic acids is 1. The van der Waals surface area contributed by atoms with Crippen molar-refractivity contribution in [3.8, 4) is 0 Å². The third-order valence-corrected chi connectivity index (χ3v) is 6.57. The minimum atomic E-state index is -0.580. The first kappa shape index (κ1) is 22.2. The lowest BCUT2D eigenvalue weighted by Crippen LogP contribution is -2.39. The van der Waals surface area contributed by atoms with Crippen molar-refractivity contribution in [3.05, 3.63) is 107 Å². The second kappa shape index (κ2) is 9.63. The highest BCUT2D eigenvalue weighted by Crippen LogP contribution is 2.30. The van der Waals surface area contributed by atoms with E-state index in [9.17, 15) is 9.59 Å². The van der Waals surface area contributed by atoms with Crippen LogP contribution in [0, 0.1) is 0 Å². The number of esters is 1. The molecule has 1 unspecified atom stereocenters. The number of rotatable bonds is 5. The highest BCUT2D eigenvalue weighted by Gasteiger charge is 2.33. The van der Waals surface area contributed by atoms with Crippen LogP contribution < -0.4 is 14.9 Å². The number of ether oxygens (including phenoxy) is 1. The van der Waals surface area contributed by atoms with E-state index in [0.717, 1.165) is 15.6 Å². The monoisotopic (exact) mass is 508 g/mol. The Labute approximate surface area is 197 Å². The summed E-state index contributed by atoms with van der Waals surface area (Å²) in [5, 5.41) is 0. The molecule has 0 aliphatic carbocycles. The Hall–Kier alpha value is -3.03. The molecular formula is C25H21BrN2O3S. The Balaban J connectivity index is 1.83. The van der Waals surface area contributed by atoms with Gasteiger partial charge in [-0.1, -0.05) is 81.9 Å². The van der Waals surface area contributed by atoms with Gasteiger partial charge in [0.1, 0.15) is 0 Å². The highest BCUT2D eigenvalue weighted by atomic mass is 79.9. The van der Waals surface area contributed by atoms with Crippen LogP contribution in [-0.4, -0.2) is 17.1 Å². The molecule has 4 rings (SSSR count). The summed E-state index contributed by atoms with van der Waals surface area (Å²) in [5.41, 5.74) is 2.64. The fraction of sp³-hybridized carbons (Fsp3) is 0.160. The molecule has 7 heteroatoms. The van der Waals surface area contributed by atoms with Gasteiger partial charge in [0.15, 0.2) is 4.80 Å². The van der Waals surface area contributed by atoms with E-state index < -0.39 is 12.0 Å². The molecule has 32 heavy (non-hydrogen) atoms. The van der Waals surface area contributed by atoms with E-state index in [-0.39, 0.29) is 12.2 Å². The summed E-state index contributed by atoms with van der Waals surface area (Å²) in [6.07, 6.45) is 5.58. The average molecular weight is 509 g/mol. The first-order valence-corrected chi connectivity index (χ1v) is 11.8. The van der Waals surface area contributed by atoms with Gasteiger partial charge in [0, 0.05) is 4.47 Å². The summed E-state index contributed by atoms with van der Waals surface area (Å²) < 4.78 is 8.45. The number of allylic oxidation sites excluding steroid dienone is 2. The summed E-state index contributed by atoms with van der Waals surface area (Å²) in [7, 11) is 0. The molecular weight excluding hydrogens is 488 g/mol. The van der Waals surface area contributed by atoms with Gasteiger partial charge in [-0.3, -0.25) is 9.36 Å². The Morgan fingerprint density at radius 3 is 2.59 bits per heavy atom. The van der Waals surface area contributed by atoms with Gasteiger partial charge >= 0.3 is 5.97 Å². The molecule has 1 aliphatic rings. The molecule has 0 saturated carbocycles. The van der Waals surface area contributed by atoms with Gasteiger partial charge in [0.05, 0.1) is 28.5 Å². The van der Waals surface area contributed by atoms with Crippen molar-refractivity contribution >= 4 is 45.4 Å². The Morgan fingerprint density at radius 1 is 1.19 bits per heavy atom. The van der Waals surface area contributed by atoms with Crippen LogP contribution in [0.3, 0.4) is 0 Å². The molecule has 5 nitrogen and oxygen atoms in total. The number of carbonyl (C=O) groups is 1. The van der Waals surface area contributed by atoms with Gasteiger partial charge < -0.3 is 4.74 Å². The first-order chi connectivity index (χ1) is 15.5. The van der Waals surface area contributed by atoms with Crippen molar-refractivity contribution in [1.29, 1.82) is 0 Å². The molecule has 0 radical (unpaired) electrons. The topological polar surface area (TPSA) is 60.7 Å². The summed E-state index contributed by atoms with van der Waals surface area (Å²) in [4.78, 5) is 31.3. The fourth-order valence-corrected chi connectivity index (χ4v) is 4.84. The third-order valence-electron chi connectivity index (χ3n) is 5.04. The summed E-state index contributed by atoms with van der Waals surface area (Å²) >= 11 is 4.74. The number of benzene rings is 2. The Bertz CT molecular complexity index is 1380. The molecule has 0 spiro atoms. The standard InChI is InChI=1S/C25H21BrN2O3S/c1-3-31-24(30)21-16(2)27-25-28(22(21)18-9-5-4-6-10-18)23(29)20(32-25)11-7-8-17-12-14-19(26)15-13-17/h4-15,22H,3H2,1-2H3. The van der Waals surface area contributed by atoms with E-state index in [2.05, 4.69) is 20.9 Å². The van der Waals surface area contributed by atoms with E-state index in [1.165, 1.54) is 11.3 Å². The molecule has 1 aliphatic heterocycles. The van der Waals surface area contributed by atoms with E-state index in [1.807, 2.05) is 66.7 Å². The van der Waals surface area contributed by atoms with Crippen LogP contribution >= 0.6 is 27.3 Å². The largest absolute Gasteiger partial charge is 0.463 e. The quantitative estimate of drug-likeness (QED) is 0.484. The van der Waals surface area contributed by atoms with Gasteiger partial charge in [-0.15, -0.1) is 0 Å². The Kier molecular flexibility index (Phi) is 6.67. The maximum absolute atomic E-state index is 13.4. The second-order valence-electron chi connectivity index (χ2n) is 7.15. The smallest absolute Gasteiger partial charge is 0.338 e. The zero-order valence-corrected chi connectivity index (χ0v) is 20.0. The predicted molar refractivity (Wildman–Crippen MR) is 131 cm³/mol. The van der Waals surface area contributed by atoms with E-state index in [0.29, 0.717) is 20.6 Å². The molecule has 2 aromatic carbocycles. The zero-order valence-electron chi connectivity index (χ0n) is 17.6. The molecule has 0 N–H and O–H groups in total. The number of aromatic nitrogens is 1. The number of hydrogen-bond donors (Lipinski definition) is 0. The van der Waals surface area contributed by atoms with Crippen LogP contribution in [0.25, 0.3) is 12.2 Å². The van der Waals surface area contributed by atoms with Gasteiger partial charge in [-0.2, -0.15) is 0 Å². The number of fused-ring (bicyclic) bond motifs is 1. The van der Waals surface area contributed by atoms with Crippen LogP contribution in [0.4, 0.5) is 0 Å². The molecule has 2 heterocycles. The van der Waals surface area contributed by atoms with Crippen LogP contribution in [0.15, 0.2) is 86.2 Å². The van der Waals surface area contributed by atoms with Crippen molar-refractivity contribution < 1.29 is 9.53 Å². The van der Waals surface area contributed by atoms with Crippen LogP contribution in [0.1, 0.15) is 31.0 Å². The summed E-state index contributed by atoms with van der Waals surface area (Å²) in [5.74, 6) is -0.452. The van der Waals surface area contributed by atoms with Gasteiger partial charge in [0.25, 0.3) is 5.56 Å². The lowest BCUT2D eigenvalue weighted by Gasteiger charge is -2.24. The number of nitrogens with zero attached hydrogens (tertiary/aromatic N) is 2. The van der Waals surface area contributed by atoms with E-state index in [4.69, 9.17) is 4.74 Å². The van der Waals surface area contributed by atoms with Crippen LogP contribution in [0.2, 0.25) is 0 Å². The number of thiazole rings is 1. The van der Waals surface area contributed by atoms with Gasteiger partial charge in [0.2, 0.25) is 0 Å². The normalized spacial score (nSPS) is 16.2. The molecule has 1 atom stereocenters. The number of hydrogen-bond acceptors (Lipinski definition) is 5. The maximum Gasteiger partial charge on any atom is 0.338 e. The molecule has 0 amide bonds. The minimum Gasteiger partial charge on any atom is -0.463 e. The van der Waals surface area contributed by atoms with E-state index >= 15 is 0 Å². The second-order valence-corrected chi connectivity index (χ2v) is 9.07. The minimum absolute atomic E-state index is 0.183. The lowest BCUT2D eigenvalue weighted by atomic mass is 9.96. The molecule has 3 aromatic rings.